The van der Waals surface area contributed by atoms with Crippen LogP contribution in [-0.4, -0.2) is 74.6 Å². The number of hydrogen-bond acceptors (Lipinski definition) is 9. The van der Waals surface area contributed by atoms with E-state index < -0.39 is 49.2 Å². The number of methoxy groups -OCH3 is 1. The summed E-state index contributed by atoms with van der Waals surface area (Å²) in [6.45, 7) is 1.77. The summed E-state index contributed by atoms with van der Waals surface area (Å²) in [4.78, 5) is 0. The first kappa shape index (κ1) is 36.1. The Morgan fingerprint density at radius 1 is 0.520 bits per heavy atom. The van der Waals surface area contributed by atoms with Crippen LogP contribution in [0.5, 0.6) is 0 Å². The normalized spacial score (nSPS) is 26.5. The molecule has 0 spiro atoms. The molecule has 0 aromatic heterocycles. The second-order valence-corrected chi connectivity index (χ2v) is 12.3. The van der Waals surface area contributed by atoms with Gasteiger partial charge in [-0.15, -0.1) is 0 Å². The summed E-state index contributed by atoms with van der Waals surface area (Å²) >= 11 is 0. The highest BCUT2D eigenvalue weighted by Crippen LogP contribution is 2.32. The molecular formula is C41H46O9. The summed E-state index contributed by atoms with van der Waals surface area (Å²) in [6.07, 6.45) is -2.36. The van der Waals surface area contributed by atoms with Crippen molar-refractivity contribution in [2.75, 3.05) is 20.3 Å². The molecule has 0 bridgehead atoms. The molecule has 0 saturated carbocycles. The van der Waals surface area contributed by atoms with Gasteiger partial charge in [0.25, 0.3) is 0 Å². The standard InChI is InChI=1S/C41H46O9/c1-43-41-40(47-27-33-20-12-5-13-21-33)39(46-26-32-18-10-4-11-19-32)38(36(49-41)29-45-25-31-16-8-3-9-17-31)50-37-23-22-34(42)35(48-37)28-44-24-30-14-6-2-7-15-30/h2-23,34-42H,24-29H2,1H3/t34-,35+,36+,37+,38+,39-,40+,41-/m0/s1. The second-order valence-electron chi connectivity index (χ2n) is 12.3. The lowest BCUT2D eigenvalue weighted by Gasteiger charge is -2.46. The van der Waals surface area contributed by atoms with Gasteiger partial charge in [0, 0.05) is 7.11 Å². The number of rotatable bonds is 17. The summed E-state index contributed by atoms with van der Waals surface area (Å²) in [5, 5.41) is 10.8. The number of aliphatic hydroxyl groups is 1. The van der Waals surface area contributed by atoms with Crippen LogP contribution in [0.25, 0.3) is 0 Å². The first-order valence-corrected chi connectivity index (χ1v) is 17.1. The molecular weight excluding hydrogens is 636 g/mol. The Morgan fingerprint density at radius 2 is 0.980 bits per heavy atom. The Kier molecular flexibility index (Phi) is 13.7. The van der Waals surface area contributed by atoms with E-state index in [1.807, 2.05) is 121 Å². The van der Waals surface area contributed by atoms with E-state index in [1.54, 1.807) is 19.3 Å². The van der Waals surface area contributed by atoms with Gasteiger partial charge in [0.2, 0.25) is 0 Å². The Morgan fingerprint density at radius 3 is 1.48 bits per heavy atom. The van der Waals surface area contributed by atoms with Crippen LogP contribution in [0.2, 0.25) is 0 Å². The van der Waals surface area contributed by atoms with Crippen molar-refractivity contribution in [2.45, 2.75) is 75.6 Å². The zero-order chi connectivity index (χ0) is 34.4. The number of ether oxygens (including phenoxy) is 8. The van der Waals surface area contributed by atoms with E-state index in [1.165, 1.54) is 0 Å². The molecule has 9 nitrogen and oxygen atoms in total. The van der Waals surface area contributed by atoms with E-state index in [0.717, 1.165) is 22.3 Å². The molecule has 2 aliphatic rings. The summed E-state index contributed by atoms with van der Waals surface area (Å²) in [5.74, 6) is 0. The minimum Gasteiger partial charge on any atom is -0.386 e. The molecule has 1 N–H and O–H groups in total. The average molecular weight is 683 g/mol. The largest absolute Gasteiger partial charge is 0.386 e. The molecule has 2 aliphatic heterocycles. The SMILES string of the molecule is CO[C@H]1O[C@H](COCc2ccccc2)[C@@H](O[C@@H]2C=C[C@H](O)[C@@H](COCc3ccccc3)O2)[C@H](OCc2ccccc2)[C@H]1OCc1ccccc1. The zero-order valence-corrected chi connectivity index (χ0v) is 28.3. The van der Waals surface area contributed by atoms with Crippen molar-refractivity contribution in [1.29, 1.82) is 0 Å². The van der Waals surface area contributed by atoms with E-state index in [-0.39, 0.29) is 13.2 Å². The summed E-state index contributed by atoms with van der Waals surface area (Å²) < 4.78 is 50.8. The third kappa shape index (κ3) is 10.4. The molecule has 1 fully saturated rings. The van der Waals surface area contributed by atoms with E-state index in [0.29, 0.717) is 26.4 Å². The van der Waals surface area contributed by atoms with Crippen LogP contribution < -0.4 is 0 Å². The van der Waals surface area contributed by atoms with Crippen molar-refractivity contribution in [3.8, 4) is 0 Å². The fourth-order valence-corrected chi connectivity index (χ4v) is 6.00. The highest BCUT2D eigenvalue weighted by Gasteiger charge is 2.50. The first-order chi connectivity index (χ1) is 24.7. The third-order valence-electron chi connectivity index (χ3n) is 8.63. The number of hydrogen-bond donors (Lipinski definition) is 1. The van der Waals surface area contributed by atoms with Crippen molar-refractivity contribution < 1.29 is 43.0 Å². The molecule has 0 unspecified atom stereocenters. The minimum atomic E-state index is -0.858. The first-order valence-electron chi connectivity index (χ1n) is 17.1. The lowest BCUT2D eigenvalue weighted by molar-refractivity contribution is -0.339. The van der Waals surface area contributed by atoms with Crippen molar-refractivity contribution >= 4 is 0 Å². The van der Waals surface area contributed by atoms with Crippen molar-refractivity contribution in [3.63, 3.8) is 0 Å². The summed E-state index contributed by atoms with van der Waals surface area (Å²) in [7, 11) is 1.59. The fourth-order valence-electron chi connectivity index (χ4n) is 6.00. The molecule has 0 radical (unpaired) electrons. The van der Waals surface area contributed by atoms with Crippen LogP contribution in [0.4, 0.5) is 0 Å². The number of aliphatic hydroxyl groups excluding tert-OH is 1. The second kappa shape index (κ2) is 19.0. The molecule has 6 rings (SSSR count). The van der Waals surface area contributed by atoms with Crippen molar-refractivity contribution in [3.05, 3.63) is 156 Å². The predicted octanol–water partition coefficient (Wildman–Crippen LogP) is 5.99. The van der Waals surface area contributed by atoms with Gasteiger partial charge in [-0.1, -0.05) is 127 Å². The van der Waals surface area contributed by atoms with Crippen LogP contribution in [0.15, 0.2) is 133 Å². The summed E-state index contributed by atoms with van der Waals surface area (Å²) in [5.41, 5.74) is 4.07. The molecule has 264 valence electrons. The Balaban J connectivity index is 1.22. The highest BCUT2D eigenvalue weighted by atomic mass is 16.7. The molecule has 8 atom stereocenters. The van der Waals surface area contributed by atoms with Gasteiger partial charge in [-0.05, 0) is 28.3 Å². The van der Waals surface area contributed by atoms with Gasteiger partial charge >= 0.3 is 0 Å². The van der Waals surface area contributed by atoms with Gasteiger partial charge in [0.05, 0.1) is 39.6 Å². The smallest absolute Gasteiger partial charge is 0.186 e. The maximum atomic E-state index is 10.8. The van der Waals surface area contributed by atoms with Crippen molar-refractivity contribution in [1.82, 2.24) is 0 Å². The van der Waals surface area contributed by atoms with Crippen LogP contribution in [0, 0.1) is 0 Å². The molecule has 0 amide bonds. The van der Waals surface area contributed by atoms with Crippen LogP contribution in [0.3, 0.4) is 0 Å². The number of benzene rings is 4. The molecule has 9 heteroatoms. The van der Waals surface area contributed by atoms with E-state index in [4.69, 9.17) is 37.9 Å². The molecule has 4 aromatic carbocycles. The Hall–Kier alpha value is -3.74. The molecule has 2 heterocycles. The minimum absolute atomic E-state index is 0.174. The van der Waals surface area contributed by atoms with Gasteiger partial charge < -0.3 is 43.0 Å². The van der Waals surface area contributed by atoms with E-state index in [2.05, 4.69) is 0 Å². The monoisotopic (exact) mass is 682 g/mol. The molecule has 0 aliphatic carbocycles. The van der Waals surface area contributed by atoms with Crippen molar-refractivity contribution in [2.24, 2.45) is 0 Å². The van der Waals surface area contributed by atoms with Crippen LogP contribution in [0.1, 0.15) is 22.3 Å². The highest BCUT2D eigenvalue weighted by molar-refractivity contribution is 5.16. The maximum Gasteiger partial charge on any atom is 0.186 e. The van der Waals surface area contributed by atoms with Gasteiger partial charge in [0.1, 0.15) is 36.6 Å². The Labute approximate surface area is 294 Å². The van der Waals surface area contributed by atoms with Gasteiger partial charge in [-0.25, -0.2) is 0 Å². The molecule has 1 saturated heterocycles. The Bertz CT molecular complexity index is 1540. The van der Waals surface area contributed by atoms with Gasteiger partial charge in [-0.2, -0.15) is 0 Å². The van der Waals surface area contributed by atoms with E-state index >= 15 is 0 Å². The third-order valence-corrected chi connectivity index (χ3v) is 8.63. The van der Waals surface area contributed by atoms with Crippen LogP contribution >= 0.6 is 0 Å². The quantitative estimate of drug-likeness (QED) is 0.135. The lowest BCUT2D eigenvalue weighted by Crippen LogP contribution is -2.62. The average Bonchev–Trinajstić information content (AvgIpc) is 3.17. The predicted molar refractivity (Wildman–Crippen MR) is 187 cm³/mol. The summed E-state index contributed by atoms with van der Waals surface area (Å²) in [6, 6.07) is 39.7. The van der Waals surface area contributed by atoms with Gasteiger partial charge in [0.15, 0.2) is 12.6 Å². The van der Waals surface area contributed by atoms with Crippen LogP contribution in [-0.2, 0) is 64.3 Å². The van der Waals surface area contributed by atoms with Gasteiger partial charge in [-0.3, -0.25) is 0 Å². The maximum absolute atomic E-state index is 10.8. The fraction of sp³-hybridized carbons (Fsp3) is 0.366. The molecule has 4 aromatic rings. The van der Waals surface area contributed by atoms with E-state index in [9.17, 15) is 5.11 Å². The molecule has 50 heavy (non-hydrogen) atoms. The lowest BCUT2D eigenvalue weighted by atomic mass is 9.97. The topological polar surface area (TPSA) is 94.1 Å². The zero-order valence-electron chi connectivity index (χ0n) is 28.3.